The van der Waals surface area contributed by atoms with Gasteiger partial charge < -0.3 is 10.1 Å². The molecule has 1 amide bonds. The van der Waals surface area contributed by atoms with Gasteiger partial charge in [-0.2, -0.15) is 0 Å². The summed E-state index contributed by atoms with van der Waals surface area (Å²) in [5.41, 5.74) is 0.914. The molecule has 0 saturated carbocycles. The Labute approximate surface area is 160 Å². The lowest BCUT2D eigenvalue weighted by Gasteiger charge is -2.14. The van der Waals surface area contributed by atoms with E-state index in [-0.39, 0.29) is 29.8 Å². The van der Waals surface area contributed by atoms with E-state index in [9.17, 15) is 26.4 Å². The smallest absolute Gasteiger partial charge is 0.406 e. The van der Waals surface area contributed by atoms with Crippen molar-refractivity contribution in [2.75, 3.05) is 6.54 Å². The second-order valence-electron chi connectivity index (χ2n) is 5.87. The molecule has 2 aromatic carbocycles. The fourth-order valence-electron chi connectivity index (χ4n) is 2.34. The number of sulfonamides is 1. The third kappa shape index (κ3) is 6.86. The summed E-state index contributed by atoms with van der Waals surface area (Å²) < 4.78 is 66.6. The largest absolute Gasteiger partial charge is 0.573 e. The van der Waals surface area contributed by atoms with Crippen LogP contribution >= 0.6 is 0 Å². The van der Waals surface area contributed by atoms with Crippen LogP contribution in [0.1, 0.15) is 24.9 Å². The number of ether oxygens (including phenoxy) is 1. The van der Waals surface area contributed by atoms with Crippen molar-refractivity contribution in [2.45, 2.75) is 30.6 Å². The lowest BCUT2D eigenvalue weighted by atomic mass is 10.1. The highest BCUT2D eigenvalue weighted by molar-refractivity contribution is 7.89. The first-order valence-electron chi connectivity index (χ1n) is 8.26. The third-order valence-electron chi connectivity index (χ3n) is 3.69. The van der Waals surface area contributed by atoms with Crippen LogP contribution < -0.4 is 14.8 Å². The molecule has 1 atom stereocenters. The number of halogens is 3. The van der Waals surface area contributed by atoms with Gasteiger partial charge in [0.15, 0.2) is 0 Å². The van der Waals surface area contributed by atoms with Crippen molar-refractivity contribution in [2.24, 2.45) is 0 Å². The predicted molar refractivity (Wildman–Crippen MR) is 95.9 cm³/mol. The van der Waals surface area contributed by atoms with E-state index in [2.05, 4.69) is 14.8 Å². The molecule has 0 heterocycles. The van der Waals surface area contributed by atoms with Gasteiger partial charge in [0.05, 0.1) is 10.9 Å². The molecule has 0 fully saturated rings. The van der Waals surface area contributed by atoms with E-state index in [0.717, 1.165) is 29.8 Å². The van der Waals surface area contributed by atoms with Gasteiger partial charge in [-0.25, -0.2) is 13.1 Å². The van der Waals surface area contributed by atoms with Crippen LogP contribution in [-0.2, 0) is 14.8 Å². The highest BCUT2D eigenvalue weighted by Gasteiger charge is 2.31. The summed E-state index contributed by atoms with van der Waals surface area (Å²) in [5, 5.41) is 2.75. The van der Waals surface area contributed by atoms with Crippen molar-refractivity contribution < 1.29 is 31.1 Å². The van der Waals surface area contributed by atoms with E-state index in [1.54, 1.807) is 0 Å². The number of hydrogen-bond acceptors (Lipinski definition) is 4. The molecule has 10 heteroatoms. The Balaban J connectivity index is 1.85. The van der Waals surface area contributed by atoms with E-state index in [1.165, 1.54) is 0 Å². The summed E-state index contributed by atoms with van der Waals surface area (Å²) in [4.78, 5) is 11.7. The molecule has 2 N–H and O–H groups in total. The van der Waals surface area contributed by atoms with E-state index in [1.807, 2.05) is 37.3 Å². The molecule has 2 aromatic rings. The molecule has 0 radical (unpaired) electrons. The van der Waals surface area contributed by atoms with Crippen LogP contribution in [0.3, 0.4) is 0 Å². The molecule has 0 bridgehead atoms. The predicted octanol–water partition coefficient (Wildman–Crippen LogP) is 3.13. The average Bonchev–Trinajstić information content (AvgIpc) is 2.61. The highest BCUT2D eigenvalue weighted by Crippen LogP contribution is 2.23. The van der Waals surface area contributed by atoms with Gasteiger partial charge in [0.1, 0.15) is 5.75 Å². The van der Waals surface area contributed by atoms with Crippen molar-refractivity contribution in [3.05, 3.63) is 60.2 Å². The Morgan fingerprint density at radius 2 is 1.68 bits per heavy atom. The zero-order valence-corrected chi connectivity index (χ0v) is 15.7. The Hall–Kier alpha value is -2.59. The molecule has 0 aliphatic rings. The van der Waals surface area contributed by atoms with Crippen molar-refractivity contribution >= 4 is 15.9 Å². The first-order chi connectivity index (χ1) is 13.1. The molecule has 0 spiro atoms. The first-order valence-corrected chi connectivity index (χ1v) is 9.75. The molecular formula is C18H19F3N2O4S. The summed E-state index contributed by atoms with van der Waals surface area (Å²) in [7, 11) is -3.96. The number of rotatable bonds is 8. The Morgan fingerprint density at radius 1 is 1.07 bits per heavy atom. The minimum Gasteiger partial charge on any atom is -0.406 e. The van der Waals surface area contributed by atoms with Crippen molar-refractivity contribution in [1.29, 1.82) is 0 Å². The zero-order chi connectivity index (χ0) is 20.8. The normalized spacial score (nSPS) is 13.0. The van der Waals surface area contributed by atoms with Gasteiger partial charge in [-0.3, -0.25) is 4.79 Å². The minimum atomic E-state index is -4.86. The molecule has 0 aromatic heterocycles. The number of hydrogen-bond donors (Lipinski definition) is 2. The molecule has 2 rings (SSSR count). The lowest BCUT2D eigenvalue weighted by Crippen LogP contribution is -2.32. The first kappa shape index (κ1) is 21.7. The van der Waals surface area contributed by atoms with Crippen molar-refractivity contribution in [3.8, 4) is 5.75 Å². The van der Waals surface area contributed by atoms with Gasteiger partial charge in [-0.05, 0) is 36.8 Å². The van der Waals surface area contributed by atoms with Gasteiger partial charge in [0, 0.05) is 13.0 Å². The van der Waals surface area contributed by atoms with E-state index >= 15 is 0 Å². The lowest BCUT2D eigenvalue weighted by molar-refractivity contribution is -0.274. The minimum absolute atomic E-state index is 0.0916. The maximum absolute atomic E-state index is 12.1. The maximum atomic E-state index is 12.1. The molecule has 152 valence electrons. The van der Waals surface area contributed by atoms with Crippen LogP contribution in [0.25, 0.3) is 0 Å². The number of carbonyl (C=O) groups excluding carboxylic acids is 1. The zero-order valence-electron chi connectivity index (χ0n) is 14.9. The summed E-state index contributed by atoms with van der Waals surface area (Å²) in [6.07, 6.45) is -4.95. The monoisotopic (exact) mass is 416 g/mol. The highest BCUT2D eigenvalue weighted by atomic mass is 32.2. The van der Waals surface area contributed by atoms with Crippen molar-refractivity contribution in [3.63, 3.8) is 0 Å². The number of benzene rings is 2. The third-order valence-corrected chi connectivity index (χ3v) is 5.17. The number of carbonyl (C=O) groups is 1. The topological polar surface area (TPSA) is 84.5 Å². The van der Waals surface area contributed by atoms with Crippen molar-refractivity contribution in [1.82, 2.24) is 10.0 Å². The number of amides is 1. The fraction of sp³-hybridized carbons (Fsp3) is 0.278. The van der Waals surface area contributed by atoms with E-state index in [4.69, 9.17) is 0 Å². The second-order valence-corrected chi connectivity index (χ2v) is 7.63. The fourth-order valence-corrected chi connectivity index (χ4v) is 3.37. The summed E-state index contributed by atoms with van der Waals surface area (Å²) in [6, 6.07) is 12.8. The Bertz CT molecular complexity index is 885. The van der Waals surface area contributed by atoms with Crippen LogP contribution in [0.2, 0.25) is 0 Å². The summed E-state index contributed by atoms with van der Waals surface area (Å²) >= 11 is 0. The summed E-state index contributed by atoms with van der Waals surface area (Å²) in [6.45, 7) is 1.65. The average molecular weight is 416 g/mol. The van der Waals surface area contributed by atoms with Crippen LogP contribution in [0.15, 0.2) is 59.5 Å². The molecule has 6 nitrogen and oxygen atoms in total. The SMILES string of the molecule is CC(NC(=O)CCNS(=O)(=O)c1ccc(OC(F)(F)F)cc1)c1ccccc1. The van der Waals surface area contributed by atoms with Crippen LogP contribution in [0, 0.1) is 0 Å². The standard InChI is InChI=1S/C18H19F3N2O4S/c1-13(14-5-3-2-4-6-14)23-17(24)11-12-22-28(25,26)16-9-7-15(8-10-16)27-18(19,20)21/h2-10,13,22H,11-12H2,1H3,(H,23,24). The van der Waals surface area contributed by atoms with Gasteiger partial charge in [-0.15, -0.1) is 13.2 Å². The molecule has 0 saturated heterocycles. The second kappa shape index (κ2) is 9.07. The van der Waals surface area contributed by atoms with Gasteiger partial charge in [0.25, 0.3) is 0 Å². The molecule has 0 aliphatic carbocycles. The van der Waals surface area contributed by atoms with E-state index < -0.39 is 22.1 Å². The van der Waals surface area contributed by atoms with Gasteiger partial charge in [0.2, 0.25) is 15.9 Å². The Morgan fingerprint density at radius 3 is 2.25 bits per heavy atom. The van der Waals surface area contributed by atoms with E-state index in [0.29, 0.717) is 0 Å². The molecule has 0 aliphatic heterocycles. The number of nitrogens with one attached hydrogen (secondary N) is 2. The molecular weight excluding hydrogens is 397 g/mol. The molecule has 28 heavy (non-hydrogen) atoms. The quantitative estimate of drug-likeness (QED) is 0.693. The van der Waals surface area contributed by atoms with Crippen LogP contribution in [-0.4, -0.2) is 27.2 Å². The summed E-state index contributed by atoms with van der Waals surface area (Å²) in [5.74, 6) is -0.867. The Kier molecular flexibility index (Phi) is 7.03. The van der Waals surface area contributed by atoms with Crippen LogP contribution in [0.4, 0.5) is 13.2 Å². The van der Waals surface area contributed by atoms with Crippen LogP contribution in [0.5, 0.6) is 5.75 Å². The van der Waals surface area contributed by atoms with Gasteiger partial charge >= 0.3 is 6.36 Å². The van der Waals surface area contributed by atoms with Gasteiger partial charge in [-0.1, -0.05) is 30.3 Å². The molecule has 1 unspecified atom stereocenters. The maximum Gasteiger partial charge on any atom is 0.573 e. The number of alkyl halides is 3.